The molecule has 5 heteroatoms. The Morgan fingerprint density at radius 1 is 1.73 bits per heavy atom. The summed E-state index contributed by atoms with van der Waals surface area (Å²) >= 11 is 0. The number of nitrogens with one attached hydrogen (secondary N) is 2. The van der Waals surface area contributed by atoms with Crippen LogP contribution in [0.15, 0.2) is 0 Å². The van der Waals surface area contributed by atoms with Crippen LogP contribution in [0.25, 0.3) is 0 Å². The molecule has 2 amide bonds. The predicted octanol–water partition coefficient (Wildman–Crippen LogP) is -0.634. The van der Waals surface area contributed by atoms with Crippen molar-refractivity contribution in [2.45, 2.75) is 32.2 Å². The zero-order valence-corrected chi connectivity index (χ0v) is 9.08. The van der Waals surface area contributed by atoms with Crippen LogP contribution in [0.5, 0.6) is 0 Å². The van der Waals surface area contributed by atoms with Crippen molar-refractivity contribution in [3.8, 4) is 0 Å². The maximum Gasteiger partial charge on any atom is 0.225 e. The molecular weight excluding hydrogens is 194 g/mol. The first kappa shape index (κ1) is 12.0. The second-order valence-corrected chi connectivity index (χ2v) is 3.89. The van der Waals surface area contributed by atoms with E-state index in [0.717, 1.165) is 6.42 Å². The van der Waals surface area contributed by atoms with Gasteiger partial charge in [-0.05, 0) is 12.8 Å². The second-order valence-electron chi connectivity index (χ2n) is 3.89. The van der Waals surface area contributed by atoms with Crippen molar-refractivity contribution in [3.63, 3.8) is 0 Å². The second kappa shape index (κ2) is 5.70. The molecule has 5 nitrogen and oxygen atoms in total. The summed E-state index contributed by atoms with van der Waals surface area (Å²) < 4.78 is 0. The Bertz CT molecular complexity index is 229. The van der Waals surface area contributed by atoms with Gasteiger partial charge in [-0.3, -0.25) is 9.59 Å². The lowest BCUT2D eigenvalue weighted by atomic mass is 9.98. The standard InChI is InChI=1S/C10H19N3O2/c1-2-8(5-11)13-10(15)7-3-4-9(14)12-6-7/h7-8H,2-6,11H2,1H3,(H,12,14)(H,13,15). The van der Waals surface area contributed by atoms with E-state index in [1.165, 1.54) is 0 Å². The predicted molar refractivity (Wildman–Crippen MR) is 57.0 cm³/mol. The van der Waals surface area contributed by atoms with Gasteiger partial charge in [-0.1, -0.05) is 6.92 Å². The normalized spacial score (nSPS) is 23.1. The fraction of sp³-hybridized carbons (Fsp3) is 0.800. The average Bonchev–Trinajstić information content (AvgIpc) is 2.26. The molecule has 4 N–H and O–H groups in total. The minimum absolute atomic E-state index is 0.00676. The molecular formula is C10H19N3O2. The van der Waals surface area contributed by atoms with Crippen LogP contribution in [-0.4, -0.2) is 30.9 Å². The number of rotatable bonds is 4. The van der Waals surface area contributed by atoms with Gasteiger partial charge < -0.3 is 16.4 Å². The smallest absolute Gasteiger partial charge is 0.225 e. The summed E-state index contributed by atoms with van der Waals surface area (Å²) in [5.41, 5.74) is 5.50. The Hall–Kier alpha value is -1.10. The molecule has 0 aromatic carbocycles. The van der Waals surface area contributed by atoms with Crippen molar-refractivity contribution in [2.75, 3.05) is 13.1 Å². The molecule has 0 aromatic rings. The maximum absolute atomic E-state index is 11.7. The average molecular weight is 213 g/mol. The van der Waals surface area contributed by atoms with Gasteiger partial charge in [0.15, 0.2) is 0 Å². The fourth-order valence-electron chi connectivity index (χ4n) is 1.60. The van der Waals surface area contributed by atoms with E-state index in [-0.39, 0.29) is 23.8 Å². The zero-order valence-electron chi connectivity index (χ0n) is 9.08. The van der Waals surface area contributed by atoms with Gasteiger partial charge in [0.2, 0.25) is 11.8 Å². The lowest BCUT2D eigenvalue weighted by Gasteiger charge is -2.24. The molecule has 1 heterocycles. The van der Waals surface area contributed by atoms with E-state index in [0.29, 0.717) is 25.9 Å². The van der Waals surface area contributed by atoms with Gasteiger partial charge in [0.25, 0.3) is 0 Å². The first-order valence-electron chi connectivity index (χ1n) is 5.44. The molecule has 0 aromatic heterocycles. The molecule has 0 radical (unpaired) electrons. The Morgan fingerprint density at radius 2 is 2.47 bits per heavy atom. The van der Waals surface area contributed by atoms with Gasteiger partial charge in [0.05, 0.1) is 5.92 Å². The van der Waals surface area contributed by atoms with Crippen molar-refractivity contribution in [2.24, 2.45) is 11.7 Å². The lowest BCUT2D eigenvalue weighted by molar-refractivity contribution is -0.129. The largest absolute Gasteiger partial charge is 0.355 e. The van der Waals surface area contributed by atoms with Crippen LogP contribution in [0.2, 0.25) is 0 Å². The minimum Gasteiger partial charge on any atom is -0.355 e. The number of carbonyl (C=O) groups is 2. The number of hydrogen-bond donors (Lipinski definition) is 3. The third kappa shape index (κ3) is 3.51. The Morgan fingerprint density at radius 3 is 2.93 bits per heavy atom. The maximum atomic E-state index is 11.7. The summed E-state index contributed by atoms with van der Waals surface area (Å²) in [6.07, 6.45) is 1.91. The summed E-state index contributed by atoms with van der Waals surface area (Å²) in [6.45, 7) is 2.90. The zero-order chi connectivity index (χ0) is 11.3. The van der Waals surface area contributed by atoms with Gasteiger partial charge >= 0.3 is 0 Å². The third-order valence-electron chi connectivity index (χ3n) is 2.76. The fourth-order valence-corrected chi connectivity index (χ4v) is 1.60. The number of piperidine rings is 1. The van der Waals surface area contributed by atoms with Crippen molar-refractivity contribution in [1.82, 2.24) is 10.6 Å². The number of amides is 2. The van der Waals surface area contributed by atoms with Crippen LogP contribution in [0.1, 0.15) is 26.2 Å². The SMILES string of the molecule is CCC(CN)NC(=O)C1CCC(=O)NC1. The first-order chi connectivity index (χ1) is 7.17. The summed E-state index contributed by atoms with van der Waals surface area (Å²) in [5, 5.41) is 5.58. The van der Waals surface area contributed by atoms with Gasteiger partial charge in [0, 0.05) is 25.6 Å². The molecule has 0 spiro atoms. The molecule has 2 unspecified atom stereocenters. The topological polar surface area (TPSA) is 84.2 Å². The first-order valence-corrected chi connectivity index (χ1v) is 5.44. The van der Waals surface area contributed by atoms with E-state index in [2.05, 4.69) is 10.6 Å². The molecule has 1 fully saturated rings. The van der Waals surface area contributed by atoms with E-state index in [1.807, 2.05) is 6.92 Å². The van der Waals surface area contributed by atoms with Crippen molar-refractivity contribution >= 4 is 11.8 Å². The minimum atomic E-state index is -0.0942. The number of nitrogens with two attached hydrogens (primary N) is 1. The van der Waals surface area contributed by atoms with Crippen LogP contribution in [-0.2, 0) is 9.59 Å². The molecule has 86 valence electrons. The van der Waals surface area contributed by atoms with Gasteiger partial charge in [-0.2, -0.15) is 0 Å². The summed E-state index contributed by atoms with van der Waals surface area (Å²) in [7, 11) is 0. The van der Waals surface area contributed by atoms with Crippen molar-refractivity contribution < 1.29 is 9.59 Å². The van der Waals surface area contributed by atoms with Crippen LogP contribution in [0.3, 0.4) is 0 Å². The molecule has 15 heavy (non-hydrogen) atoms. The van der Waals surface area contributed by atoms with Gasteiger partial charge in [-0.15, -0.1) is 0 Å². The molecule has 1 rings (SSSR count). The quantitative estimate of drug-likeness (QED) is 0.581. The Kier molecular flexibility index (Phi) is 4.55. The van der Waals surface area contributed by atoms with E-state index in [1.54, 1.807) is 0 Å². The summed E-state index contributed by atoms with van der Waals surface area (Å²) in [6, 6.07) is 0.0510. The Balaban J connectivity index is 2.36. The highest BCUT2D eigenvalue weighted by atomic mass is 16.2. The molecule has 0 saturated carbocycles. The van der Waals surface area contributed by atoms with E-state index < -0.39 is 0 Å². The third-order valence-corrected chi connectivity index (χ3v) is 2.76. The van der Waals surface area contributed by atoms with Gasteiger partial charge in [-0.25, -0.2) is 0 Å². The number of carbonyl (C=O) groups excluding carboxylic acids is 2. The molecule has 0 aliphatic carbocycles. The monoisotopic (exact) mass is 213 g/mol. The van der Waals surface area contributed by atoms with Crippen LogP contribution < -0.4 is 16.4 Å². The molecule has 1 aliphatic heterocycles. The lowest BCUT2D eigenvalue weighted by Crippen LogP contribution is -2.47. The highest BCUT2D eigenvalue weighted by Gasteiger charge is 2.25. The van der Waals surface area contributed by atoms with Crippen LogP contribution in [0.4, 0.5) is 0 Å². The highest BCUT2D eigenvalue weighted by molar-refractivity contribution is 5.83. The van der Waals surface area contributed by atoms with Crippen molar-refractivity contribution in [1.29, 1.82) is 0 Å². The number of hydrogen-bond acceptors (Lipinski definition) is 3. The summed E-state index contributed by atoms with van der Waals surface area (Å²) in [5.74, 6) is -0.0551. The molecule has 1 aliphatic rings. The molecule has 2 atom stereocenters. The Labute approximate surface area is 89.8 Å². The van der Waals surface area contributed by atoms with E-state index in [4.69, 9.17) is 5.73 Å². The summed E-state index contributed by atoms with van der Waals surface area (Å²) in [4.78, 5) is 22.6. The molecule has 0 bridgehead atoms. The van der Waals surface area contributed by atoms with E-state index in [9.17, 15) is 9.59 Å². The van der Waals surface area contributed by atoms with Crippen LogP contribution >= 0.6 is 0 Å². The van der Waals surface area contributed by atoms with Crippen LogP contribution in [0, 0.1) is 5.92 Å². The van der Waals surface area contributed by atoms with E-state index >= 15 is 0 Å². The molecule has 1 saturated heterocycles. The van der Waals surface area contributed by atoms with Crippen molar-refractivity contribution in [3.05, 3.63) is 0 Å². The van der Waals surface area contributed by atoms with Gasteiger partial charge in [0.1, 0.15) is 0 Å². The highest BCUT2D eigenvalue weighted by Crippen LogP contribution is 2.11.